The zero-order valence-corrected chi connectivity index (χ0v) is 8.72. The van der Waals surface area contributed by atoms with Gasteiger partial charge in [0.25, 0.3) is 0 Å². The van der Waals surface area contributed by atoms with Crippen LogP contribution in [0.1, 0.15) is 6.92 Å². The van der Waals surface area contributed by atoms with Crippen molar-refractivity contribution in [2.24, 2.45) is 10.9 Å². The maximum Gasteiger partial charge on any atom is 0.412 e. The monoisotopic (exact) mass is 225 g/mol. The molecule has 0 amide bonds. The van der Waals surface area contributed by atoms with E-state index in [-0.39, 0.29) is 5.16 Å². The first-order valence-electron chi connectivity index (χ1n) is 3.37. The first kappa shape index (κ1) is 10.6. The minimum absolute atomic E-state index is 0.0791. The summed E-state index contributed by atoms with van der Waals surface area (Å²) in [6, 6.07) is 0. The molecule has 0 saturated heterocycles. The number of allylic oxidation sites excluding steroid dienone is 1. The van der Waals surface area contributed by atoms with Crippen LogP contribution in [0, 0.1) is 0 Å². The van der Waals surface area contributed by atoms with Crippen LogP contribution in [0.15, 0.2) is 16.3 Å². The molecule has 1 aliphatic rings. The summed E-state index contributed by atoms with van der Waals surface area (Å²) in [6.45, 7) is 1.65. The van der Waals surface area contributed by atoms with E-state index in [1.54, 1.807) is 11.8 Å². The predicted molar refractivity (Wildman–Crippen MR) is 49.5 cm³/mol. The summed E-state index contributed by atoms with van der Waals surface area (Å²) in [5, 5.41) is 3.92. The van der Waals surface area contributed by atoms with E-state index in [0.29, 0.717) is 5.71 Å². The normalized spacial score (nSPS) is 28.6. The number of hydrogen-bond acceptors (Lipinski definition) is 4. The van der Waals surface area contributed by atoms with Gasteiger partial charge in [-0.25, -0.2) is 0 Å². The minimum Gasteiger partial charge on any atom is -0.253 e. The van der Waals surface area contributed by atoms with Crippen molar-refractivity contribution >= 4 is 27.5 Å². The van der Waals surface area contributed by atoms with E-state index >= 15 is 0 Å². The highest BCUT2D eigenvalue weighted by Crippen LogP contribution is 2.28. The van der Waals surface area contributed by atoms with Crippen molar-refractivity contribution in [3.05, 3.63) is 11.2 Å². The van der Waals surface area contributed by atoms with Crippen LogP contribution in [0.5, 0.6) is 0 Å². The molecule has 6 nitrogen and oxygen atoms in total. The number of halogens is 1. The molecule has 8 heteroatoms. The summed E-state index contributed by atoms with van der Waals surface area (Å²) in [7, 11) is -2.48. The van der Waals surface area contributed by atoms with Gasteiger partial charge in [0.2, 0.25) is 5.16 Å². The van der Waals surface area contributed by atoms with Crippen LogP contribution in [0.3, 0.4) is 0 Å². The molecular weight excluding hydrogens is 216 g/mol. The first-order valence-corrected chi connectivity index (χ1v) is 5.19. The number of nitrogens with one attached hydrogen (secondary N) is 1. The Morgan fingerprint density at radius 1 is 1.69 bits per heavy atom. The molecule has 0 aromatic heterocycles. The molecule has 0 fully saturated rings. The molecule has 1 atom stereocenters. The molecule has 0 spiro atoms. The lowest BCUT2D eigenvalue weighted by Crippen LogP contribution is -2.50. The maximum atomic E-state index is 11.4. The van der Waals surface area contributed by atoms with Crippen LogP contribution in [0.4, 0.5) is 0 Å². The Balaban J connectivity index is 3.27. The highest BCUT2D eigenvalue weighted by molar-refractivity contribution is 7.83. The van der Waals surface area contributed by atoms with Crippen molar-refractivity contribution < 1.29 is 12.4 Å². The fourth-order valence-corrected chi connectivity index (χ4v) is 2.13. The summed E-state index contributed by atoms with van der Waals surface area (Å²) in [5.41, 5.74) is 0.534. The highest BCUT2D eigenvalue weighted by Gasteiger charge is 2.45. The van der Waals surface area contributed by atoms with E-state index in [4.69, 9.17) is 17.4 Å². The SMILES string of the molecule is CC1=N[N+](C)(S(=O)(=O)NN)C(Cl)=C1. The summed E-state index contributed by atoms with van der Waals surface area (Å²) < 4.78 is 22.0. The van der Waals surface area contributed by atoms with E-state index in [1.165, 1.54) is 13.1 Å². The molecule has 1 heterocycles. The van der Waals surface area contributed by atoms with Gasteiger partial charge >= 0.3 is 10.2 Å². The number of quaternary nitrogens is 1. The third-order valence-electron chi connectivity index (χ3n) is 1.69. The third kappa shape index (κ3) is 1.49. The fraction of sp³-hybridized carbons (Fsp3) is 0.400. The lowest BCUT2D eigenvalue weighted by molar-refractivity contribution is -0.740. The van der Waals surface area contributed by atoms with Crippen LogP contribution in [-0.2, 0) is 10.2 Å². The van der Waals surface area contributed by atoms with Gasteiger partial charge in [-0.3, -0.25) is 5.84 Å². The van der Waals surface area contributed by atoms with Crippen molar-refractivity contribution in [3.8, 4) is 0 Å². The Bertz CT molecular complexity index is 387. The zero-order chi connectivity index (χ0) is 10.3. The lowest BCUT2D eigenvalue weighted by atomic mass is 10.4. The van der Waals surface area contributed by atoms with Crippen molar-refractivity contribution in [2.75, 3.05) is 7.05 Å². The van der Waals surface area contributed by atoms with Gasteiger partial charge in [0, 0.05) is 6.08 Å². The Labute approximate surface area is 81.4 Å². The average molecular weight is 226 g/mol. The van der Waals surface area contributed by atoms with E-state index in [2.05, 4.69) is 5.10 Å². The van der Waals surface area contributed by atoms with Gasteiger partial charge in [-0.2, -0.15) is 8.42 Å². The highest BCUT2D eigenvalue weighted by atomic mass is 35.5. The Morgan fingerprint density at radius 3 is 2.54 bits per heavy atom. The number of rotatable bonds is 2. The molecular formula is C5H10ClN4O2S+. The molecule has 0 saturated carbocycles. The van der Waals surface area contributed by atoms with Gasteiger partial charge in [-0.1, -0.05) is 5.10 Å². The summed E-state index contributed by atoms with van der Waals surface area (Å²) >= 11 is 5.72. The summed E-state index contributed by atoms with van der Waals surface area (Å²) in [4.78, 5) is 1.69. The van der Waals surface area contributed by atoms with Gasteiger partial charge < -0.3 is 0 Å². The van der Waals surface area contributed by atoms with Gasteiger partial charge in [0.05, 0.1) is 0 Å². The second-order valence-corrected chi connectivity index (χ2v) is 4.96. The van der Waals surface area contributed by atoms with Crippen LogP contribution in [0.2, 0.25) is 0 Å². The average Bonchev–Trinajstić information content (AvgIpc) is 2.27. The van der Waals surface area contributed by atoms with E-state index < -0.39 is 14.2 Å². The van der Waals surface area contributed by atoms with Crippen molar-refractivity contribution in [1.29, 1.82) is 0 Å². The minimum atomic E-state index is -3.80. The molecule has 1 aliphatic heterocycles. The molecule has 0 radical (unpaired) electrons. The number of nitrogens with two attached hydrogens (primary N) is 1. The van der Waals surface area contributed by atoms with Crippen LogP contribution in [-0.4, -0.2) is 25.2 Å². The van der Waals surface area contributed by atoms with Crippen molar-refractivity contribution in [2.45, 2.75) is 6.92 Å². The van der Waals surface area contributed by atoms with Crippen molar-refractivity contribution in [3.63, 3.8) is 0 Å². The van der Waals surface area contributed by atoms with Crippen molar-refractivity contribution in [1.82, 2.24) is 4.83 Å². The molecule has 74 valence electrons. The summed E-state index contributed by atoms with van der Waals surface area (Å²) in [5.74, 6) is 4.87. The van der Waals surface area contributed by atoms with Gasteiger partial charge in [-0.05, 0) is 22.5 Å². The van der Waals surface area contributed by atoms with Gasteiger partial charge in [0.1, 0.15) is 12.8 Å². The fourth-order valence-electron chi connectivity index (χ4n) is 0.941. The topological polar surface area (TPSA) is 84.5 Å². The molecule has 1 unspecified atom stereocenters. The number of hydrogen-bond donors (Lipinski definition) is 2. The van der Waals surface area contributed by atoms with E-state index in [1.807, 2.05) is 0 Å². The first-order chi connectivity index (χ1) is 5.83. The largest absolute Gasteiger partial charge is 0.412 e. The Morgan fingerprint density at radius 2 is 2.23 bits per heavy atom. The molecule has 0 aliphatic carbocycles. The molecule has 0 aromatic carbocycles. The standard InChI is InChI=1S/C5H10ClN4O2S/c1-4-3-5(6)10(2,8-4)13(11,12)9-7/h3,9H,7H2,1-2H3/q+1. The quantitative estimate of drug-likeness (QED) is 0.291. The Kier molecular flexibility index (Phi) is 2.48. The van der Waals surface area contributed by atoms with E-state index in [0.717, 1.165) is 0 Å². The van der Waals surface area contributed by atoms with Crippen LogP contribution < -0.4 is 10.7 Å². The molecule has 0 aromatic rings. The zero-order valence-electron chi connectivity index (χ0n) is 7.15. The Hall–Kier alpha value is -0.470. The predicted octanol–water partition coefficient (Wildman–Crippen LogP) is -0.389. The second-order valence-electron chi connectivity index (χ2n) is 2.68. The van der Waals surface area contributed by atoms with Crippen LogP contribution in [0.25, 0.3) is 0 Å². The summed E-state index contributed by atoms with van der Waals surface area (Å²) in [6.07, 6.45) is 1.47. The molecule has 3 N–H and O–H groups in total. The number of nitrogens with zero attached hydrogens (tertiary/aromatic N) is 2. The molecule has 13 heavy (non-hydrogen) atoms. The smallest absolute Gasteiger partial charge is 0.253 e. The molecule has 0 bridgehead atoms. The van der Waals surface area contributed by atoms with Gasteiger partial charge in [0.15, 0.2) is 0 Å². The van der Waals surface area contributed by atoms with E-state index in [9.17, 15) is 8.42 Å². The third-order valence-corrected chi connectivity index (χ3v) is 3.74. The maximum absolute atomic E-state index is 11.4. The molecule has 1 rings (SSSR count). The van der Waals surface area contributed by atoms with Gasteiger partial charge in [-0.15, -0.1) is 4.83 Å². The van der Waals surface area contributed by atoms with Crippen LogP contribution >= 0.6 is 11.6 Å². The lowest BCUT2D eigenvalue weighted by Gasteiger charge is -2.20. The second kappa shape index (κ2) is 3.03. The number of hydrazine groups is 1.